The standard InChI is InChI=1S/C14H19NOS/c1-3-6-13(16)12-9-10-7-4-5-8-11(10)14(15-12)17-2/h9H,3-8H2,1-2H3. The molecule has 0 aliphatic heterocycles. The number of Topliss-reactive ketones (excluding diaryl/α,β-unsaturated/α-hetero) is 1. The Morgan fingerprint density at radius 2 is 2.18 bits per heavy atom. The van der Waals surface area contributed by atoms with Crippen molar-refractivity contribution in [3.8, 4) is 0 Å². The van der Waals surface area contributed by atoms with E-state index in [9.17, 15) is 4.79 Å². The minimum atomic E-state index is 0.191. The van der Waals surface area contributed by atoms with Gasteiger partial charge in [-0.3, -0.25) is 4.79 Å². The second-order valence-corrected chi connectivity index (χ2v) is 5.33. The number of rotatable bonds is 4. The van der Waals surface area contributed by atoms with Gasteiger partial charge in [-0.1, -0.05) is 6.92 Å². The quantitative estimate of drug-likeness (QED) is 0.602. The number of aryl methyl sites for hydroxylation is 1. The van der Waals surface area contributed by atoms with Crippen molar-refractivity contribution in [1.29, 1.82) is 0 Å². The molecule has 1 aliphatic carbocycles. The van der Waals surface area contributed by atoms with Gasteiger partial charge < -0.3 is 0 Å². The molecule has 0 fully saturated rings. The molecule has 1 heterocycles. The summed E-state index contributed by atoms with van der Waals surface area (Å²) in [5.74, 6) is 0.191. The average molecular weight is 249 g/mol. The summed E-state index contributed by atoms with van der Waals surface area (Å²) in [6.45, 7) is 2.03. The molecule has 2 rings (SSSR count). The highest BCUT2D eigenvalue weighted by Crippen LogP contribution is 2.29. The molecule has 1 aromatic rings. The molecule has 3 heteroatoms. The monoisotopic (exact) mass is 249 g/mol. The van der Waals surface area contributed by atoms with E-state index in [1.54, 1.807) is 11.8 Å². The molecule has 0 radical (unpaired) electrons. The molecular formula is C14H19NOS. The molecule has 0 aromatic carbocycles. The third-order valence-electron chi connectivity index (χ3n) is 3.26. The highest BCUT2D eigenvalue weighted by Gasteiger charge is 2.18. The smallest absolute Gasteiger partial charge is 0.181 e. The number of ketones is 1. The minimum absolute atomic E-state index is 0.191. The van der Waals surface area contributed by atoms with E-state index in [0.717, 1.165) is 24.3 Å². The maximum absolute atomic E-state index is 11.9. The van der Waals surface area contributed by atoms with Crippen molar-refractivity contribution in [2.24, 2.45) is 0 Å². The lowest BCUT2D eigenvalue weighted by atomic mass is 9.92. The maximum atomic E-state index is 11.9. The zero-order chi connectivity index (χ0) is 12.3. The van der Waals surface area contributed by atoms with Crippen molar-refractivity contribution in [2.45, 2.75) is 50.5 Å². The number of thioether (sulfide) groups is 1. The molecule has 1 aliphatic rings. The number of fused-ring (bicyclic) bond motifs is 1. The van der Waals surface area contributed by atoms with Crippen LogP contribution in [0.1, 0.15) is 54.2 Å². The second kappa shape index (κ2) is 5.67. The molecule has 0 saturated heterocycles. The zero-order valence-corrected chi connectivity index (χ0v) is 11.4. The Kier molecular flexibility index (Phi) is 4.21. The first kappa shape index (κ1) is 12.6. The summed E-state index contributed by atoms with van der Waals surface area (Å²) in [5.41, 5.74) is 3.42. The summed E-state index contributed by atoms with van der Waals surface area (Å²) in [5, 5.41) is 1.07. The minimum Gasteiger partial charge on any atom is -0.292 e. The number of hydrogen-bond acceptors (Lipinski definition) is 3. The Labute approximate surface area is 107 Å². The van der Waals surface area contributed by atoms with E-state index < -0.39 is 0 Å². The van der Waals surface area contributed by atoms with Gasteiger partial charge in [-0.15, -0.1) is 11.8 Å². The van der Waals surface area contributed by atoms with Gasteiger partial charge in [0.05, 0.1) is 0 Å². The number of carbonyl (C=O) groups is 1. The fourth-order valence-corrected chi connectivity index (χ4v) is 3.04. The summed E-state index contributed by atoms with van der Waals surface area (Å²) >= 11 is 1.67. The van der Waals surface area contributed by atoms with Crippen LogP contribution in [0.15, 0.2) is 11.1 Å². The van der Waals surface area contributed by atoms with E-state index in [-0.39, 0.29) is 5.78 Å². The molecular weight excluding hydrogens is 230 g/mol. The second-order valence-electron chi connectivity index (χ2n) is 4.53. The Bertz CT molecular complexity index is 411. The summed E-state index contributed by atoms with van der Waals surface area (Å²) in [7, 11) is 0. The Morgan fingerprint density at radius 3 is 2.88 bits per heavy atom. The number of nitrogens with zero attached hydrogens (tertiary/aromatic N) is 1. The van der Waals surface area contributed by atoms with Crippen LogP contribution < -0.4 is 0 Å². The highest BCUT2D eigenvalue weighted by atomic mass is 32.2. The van der Waals surface area contributed by atoms with Crippen LogP contribution in [0.2, 0.25) is 0 Å². The third kappa shape index (κ3) is 2.71. The number of carbonyl (C=O) groups excluding carboxylic acids is 1. The fraction of sp³-hybridized carbons (Fsp3) is 0.571. The van der Waals surface area contributed by atoms with E-state index in [4.69, 9.17) is 0 Å². The van der Waals surface area contributed by atoms with Crippen molar-refractivity contribution < 1.29 is 4.79 Å². The average Bonchev–Trinajstić information content (AvgIpc) is 2.37. The normalized spacial score (nSPS) is 14.5. The van der Waals surface area contributed by atoms with Crippen molar-refractivity contribution in [1.82, 2.24) is 4.98 Å². The zero-order valence-electron chi connectivity index (χ0n) is 10.6. The third-order valence-corrected chi connectivity index (χ3v) is 3.98. The predicted octanol–water partition coefficient (Wildman–Crippen LogP) is 3.67. The number of pyridine rings is 1. The molecule has 0 bridgehead atoms. The van der Waals surface area contributed by atoms with Gasteiger partial charge in [-0.2, -0.15) is 0 Å². The Balaban J connectivity index is 2.39. The lowest BCUT2D eigenvalue weighted by molar-refractivity contribution is 0.0976. The molecule has 2 nitrogen and oxygen atoms in total. The van der Waals surface area contributed by atoms with Crippen LogP contribution in [0.25, 0.3) is 0 Å². The molecule has 92 valence electrons. The van der Waals surface area contributed by atoms with Crippen molar-refractivity contribution in [3.63, 3.8) is 0 Å². The van der Waals surface area contributed by atoms with Crippen LogP contribution in [0.5, 0.6) is 0 Å². The van der Waals surface area contributed by atoms with Crippen LogP contribution in [0.3, 0.4) is 0 Å². The molecule has 0 saturated carbocycles. The summed E-state index contributed by atoms with van der Waals surface area (Å²) in [4.78, 5) is 16.5. The fourth-order valence-electron chi connectivity index (χ4n) is 2.37. The molecule has 0 unspecified atom stereocenters. The number of hydrogen-bond donors (Lipinski definition) is 0. The summed E-state index contributed by atoms with van der Waals surface area (Å²) < 4.78 is 0. The van der Waals surface area contributed by atoms with E-state index >= 15 is 0 Å². The van der Waals surface area contributed by atoms with Crippen LogP contribution in [0, 0.1) is 0 Å². The summed E-state index contributed by atoms with van der Waals surface area (Å²) in [6, 6.07) is 2.03. The first-order valence-electron chi connectivity index (χ1n) is 6.36. The van der Waals surface area contributed by atoms with Gasteiger partial charge in [0.25, 0.3) is 0 Å². The maximum Gasteiger partial charge on any atom is 0.181 e. The van der Waals surface area contributed by atoms with Crippen LogP contribution in [0.4, 0.5) is 0 Å². The van der Waals surface area contributed by atoms with E-state index in [0.29, 0.717) is 12.1 Å². The lowest BCUT2D eigenvalue weighted by Gasteiger charge is -2.18. The molecule has 0 N–H and O–H groups in total. The van der Waals surface area contributed by atoms with E-state index in [2.05, 4.69) is 4.98 Å². The number of aromatic nitrogens is 1. The highest BCUT2D eigenvalue weighted by molar-refractivity contribution is 7.98. The molecule has 0 amide bonds. The van der Waals surface area contributed by atoms with Gasteiger partial charge in [0.1, 0.15) is 10.7 Å². The lowest BCUT2D eigenvalue weighted by Crippen LogP contribution is -2.11. The van der Waals surface area contributed by atoms with Gasteiger partial charge in [0, 0.05) is 6.42 Å². The van der Waals surface area contributed by atoms with Gasteiger partial charge in [0.2, 0.25) is 0 Å². The van der Waals surface area contributed by atoms with Crippen molar-refractivity contribution in [3.05, 3.63) is 22.9 Å². The first-order valence-corrected chi connectivity index (χ1v) is 7.58. The van der Waals surface area contributed by atoms with Gasteiger partial charge >= 0.3 is 0 Å². The SMILES string of the molecule is CCCC(=O)c1cc2c(c(SC)n1)CCCC2. The van der Waals surface area contributed by atoms with E-state index in [1.807, 2.05) is 19.2 Å². The largest absolute Gasteiger partial charge is 0.292 e. The summed E-state index contributed by atoms with van der Waals surface area (Å²) in [6.07, 6.45) is 8.28. The van der Waals surface area contributed by atoms with Crippen molar-refractivity contribution >= 4 is 17.5 Å². The van der Waals surface area contributed by atoms with Gasteiger partial charge in [-0.05, 0) is 55.6 Å². The Morgan fingerprint density at radius 1 is 1.41 bits per heavy atom. The molecule has 0 atom stereocenters. The van der Waals surface area contributed by atoms with Crippen molar-refractivity contribution in [2.75, 3.05) is 6.26 Å². The van der Waals surface area contributed by atoms with Gasteiger partial charge in [-0.25, -0.2) is 4.98 Å². The molecule has 1 aromatic heterocycles. The molecule has 0 spiro atoms. The van der Waals surface area contributed by atoms with Crippen LogP contribution in [-0.2, 0) is 12.8 Å². The van der Waals surface area contributed by atoms with Crippen LogP contribution in [-0.4, -0.2) is 17.0 Å². The predicted molar refractivity (Wildman–Crippen MR) is 71.9 cm³/mol. The topological polar surface area (TPSA) is 30.0 Å². The van der Waals surface area contributed by atoms with Crippen LogP contribution >= 0.6 is 11.8 Å². The molecule has 17 heavy (non-hydrogen) atoms. The Hall–Kier alpha value is -0.830. The first-order chi connectivity index (χ1) is 8.26. The van der Waals surface area contributed by atoms with Gasteiger partial charge in [0.15, 0.2) is 5.78 Å². The van der Waals surface area contributed by atoms with E-state index in [1.165, 1.54) is 24.0 Å².